The van der Waals surface area contributed by atoms with Gasteiger partial charge in [0.25, 0.3) is 0 Å². The number of hydrogen-bond donors (Lipinski definition) is 1. The molecule has 2 heterocycles. The lowest BCUT2D eigenvalue weighted by Gasteiger charge is -2.05. The number of alkyl halides is 1. The molecule has 0 aromatic carbocycles. The molecule has 5 heteroatoms. The first-order valence-electron chi connectivity index (χ1n) is 3.84. The summed E-state index contributed by atoms with van der Waals surface area (Å²) in [5, 5.41) is 14.0. The fraction of sp³-hybridized carbons (Fsp3) is 0.250. The van der Waals surface area contributed by atoms with Crippen molar-refractivity contribution in [2.75, 3.05) is 5.33 Å². The summed E-state index contributed by atoms with van der Waals surface area (Å²) in [7, 11) is 0. The van der Waals surface area contributed by atoms with Gasteiger partial charge >= 0.3 is 0 Å². The molecular weight excluding hydrogens is 234 g/mol. The summed E-state index contributed by atoms with van der Waals surface area (Å²) in [6, 6.07) is 1.81. The van der Waals surface area contributed by atoms with Gasteiger partial charge in [0.05, 0.1) is 12.3 Å². The van der Waals surface area contributed by atoms with Crippen LogP contribution in [0.5, 0.6) is 0 Å². The number of halogens is 1. The molecule has 0 aliphatic carbocycles. The van der Waals surface area contributed by atoms with Gasteiger partial charge in [-0.3, -0.25) is 0 Å². The number of aliphatic hydroxyl groups excluding tert-OH is 1. The minimum absolute atomic E-state index is 0.501. The van der Waals surface area contributed by atoms with E-state index in [1.54, 1.807) is 23.1 Å². The van der Waals surface area contributed by atoms with Gasteiger partial charge in [0.2, 0.25) is 0 Å². The highest BCUT2D eigenvalue weighted by molar-refractivity contribution is 9.09. The van der Waals surface area contributed by atoms with Gasteiger partial charge in [-0.1, -0.05) is 15.9 Å². The number of rotatable bonds is 2. The molecule has 2 aromatic rings. The van der Waals surface area contributed by atoms with Crippen molar-refractivity contribution in [2.24, 2.45) is 0 Å². The summed E-state index contributed by atoms with van der Waals surface area (Å²) < 4.78 is 1.64. The minimum atomic E-state index is -0.527. The van der Waals surface area contributed by atoms with Crippen LogP contribution in [0.1, 0.15) is 11.7 Å². The van der Waals surface area contributed by atoms with Crippen LogP contribution in [0.2, 0.25) is 0 Å². The zero-order chi connectivity index (χ0) is 9.26. The Bertz CT molecular complexity index is 414. The van der Waals surface area contributed by atoms with E-state index in [1.165, 1.54) is 0 Å². The predicted octanol–water partition coefficient (Wildman–Crippen LogP) is 1.16. The first-order valence-corrected chi connectivity index (χ1v) is 4.97. The molecule has 0 spiro atoms. The lowest BCUT2D eigenvalue weighted by molar-refractivity contribution is 0.204. The quantitative estimate of drug-likeness (QED) is 0.804. The van der Waals surface area contributed by atoms with Crippen LogP contribution in [-0.2, 0) is 0 Å². The topological polar surface area (TPSA) is 50.4 Å². The Morgan fingerprint density at radius 2 is 2.46 bits per heavy atom. The Kier molecular flexibility index (Phi) is 2.28. The molecule has 0 aliphatic rings. The Balaban J connectivity index is 2.48. The maximum atomic E-state index is 9.50. The van der Waals surface area contributed by atoms with Crippen LogP contribution >= 0.6 is 15.9 Å². The summed E-state index contributed by atoms with van der Waals surface area (Å²) >= 11 is 3.20. The molecule has 1 atom stereocenters. The summed E-state index contributed by atoms with van der Waals surface area (Å²) in [6.45, 7) is 0. The third-order valence-electron chi connectivity index (χ3n) is 1.80. The molecule has 2 aromatic heterocycles. The first-order chi connectivity index (χ1) is 6.31. The normalized spacial score (nSPS) is 13.4. The van der Waals surface area contributed by atoms with Crippen LogP contribution in [0.15, 0.2) is 24.7 Å². The van der Waals surface area contributed by atoms with Crippen LogP contribution < -0.4 is 0 Å². The zero-order valence-electron chi connectivity index (χ0n) is 6.76. The molecule has 0 aliphatic heterocycles. The van der Waals surface area contributed by atoms with Gasteiger partial charge in [0, 0.05) is 29.4 Å². The zero-order valence-corrected chi connectivity index (χ0v) is 8.35. The van der Waals surface area contributed by atoms with E-state index in [0.717, 1.165) is 11.2 Å². The van der Waals surface area contributed by atoms with Crippen LogP contribution in [0.3, 0.4) is 0 Å². The Morgan fingerprint density at radius 3 is 3.23 bits per heavy atom. The number of hydrogen-bond acceptors (Lipinski definition) is 3. The van der Waals surface area contributed by atoms with Gasteiger partial charge in [0.15, 0.2) is 5.65 Å². The van der Waals surface area contributed by atoms with Crippen molar-refractivity contribution < 1.29 is 5.11 Å². The number of nitrogens with zero attached hydrogens (tertiary/aromatic N) is 3. The molecule has 68 valence electrons. The molecule has 2 rings (SSSR count). The molecule has 0 bridgehead atoms. The second-order valence-corrected chi connectivity index (χ2v) is 3.34. The molecule has 0 radical (unpaired) electrons. The number of aliphatic hydroxyl groups is 1. The molecule has 0 saturated carbocycles. The van der Waals surface area contributed by atoms with Crippen LogP contribution in [0.4, 0.5) is 0 Å². The molecule has 13 heavy (non-hydrogen) atoms. The molecule has 4 nitrogen and oxygen atoms in total. The van der Waals surface area contributed by atoms with E-state index in [-0.39, 0.29) is 0 Å². The third kappa shape index (κ3) is 1.57. The van der Waals surface area contributed by atoms with Crippen molar-refractivity contribution in [1.82, 2.24) is 14.6 Å². The lowest BCUT2D eigenvalue weighted by atomic mass is 10.2. The van der Waals surface area contributed by atoms with Crippen molar-refractivity contribution in [3.63, 3.8) is 0 Å². The van der Waals surface area contributed by atoms with Gasteiger partial charge < -0.3 is 5.11 Å². The largest absolute Gasteiger partial charge is 0.387 e. The van der Waals surface area contributed by atoms with Gasteiger partial charge in [-0.25, -0.2) is 9.50 Å². The fourth-order valence-electron chi connectivity index (χ4n) is 1.09. The molecule has 1 unspecified atom stereocenters. The summed E-state index contributed by atoms with van der Waals surface area (Å²) in [6.07, 6.45) is 4.57. The summed E-state index contributed by atoms with van der Waals surface area (Å²) in [4.78, 5) is 4.13. The first kappa shape index (κ1) is 8.65. The summed E-state index contributed by atoms with van der Waals surface area (Å²) in [5.41, 5.74) is 1.54. The van der Waals surface area contributed by atoms with Gasteiger partial charge in [0.1, 0.15) is 0 Å². The molecule has 0 amide bonds. The Hall–Kier alpha value is -0.940. The van der Waals surface area contributed by atoms with Crippen molar-refractivity contribution in [3.05, 3.63) is 30.2 Å². The lowest BCUT2D eigenvalue weighted by Crippen LogP contribution is -2.02. The fourth-order valence-corrected chi connectivity index (χ4v) is 1.46. The minimum Gasteiger partial charge on any atom is -0.387 e. The van der Waals surface area contributed by atoms with Crippen LogP contribution in [-0.4, -0.2) is 25.0 Å². The van der Waals surface area contributed by atoms with Crippen molar-refractivity contribution in [1.29, 1.82) is 0 Å². The number of aromatic nitrogens is 3. The highest BCUT2D eigenvalue weighted by Crippen LogP contribution is 2.13. The average molecular weight is 242 g/mol. The highest BCUT2D eigenvalue weighted by Gasteiger charge is 2.06. The monoisotopic (exact) mass is 241 g/mol. The Labute approximate surface area is 83.3 Å². The van der Waals surface area contributed by atoms with E-state index in [1.807, 2.05) is 6.07 Å². The average Bonchev–Trinajstić information content (AvgIpc) is 2.63. The molecule has 0 fully saturated rings. The second-order valence-electron chi connectivity index (χ2n) is 2.69. The van der Waals surface area contributed by atoms with Crippen molar-refractivity contribution in [2.45, 2.75) is 6.10 Å². The summed E-state index contributed by atoms with van der Waals surface area (Å²) in [5.74, 6) is 0. The highest BCUT2D eigenvalue weighted by atomic mass is 79.9. The second kappa shape index (κ2) is 3.43. The van der Waals surface area contributed by atoms with Crippen molar-refractivity contribution in [3.8, 4) is 0 Å². The van der Waals surface area contributed by atoms with Gasteiger partial charge in [-0.05, 0) is 0 Å². The van der Waals surface area contributed by atoms with E-state index in [0.29, 0.717) is 5.33 Å². The van der Waals surface area contributed by atoms with Gasteiger partial charge in [-0.15, -0.1) is 0 Å². The number of fused-ring (bicyclic) bond motifs is 1. The van der Waals surface area contributed by atoms with Crippen LogP contribution in [0, 0.1) is 0 Å². The van der Waals surface area contributed by atoms with Crippen LogP contribution in [0.25, 0.3) is 5.65 Å². The Morgan fingerprint density at radius 1 is 1.62 bits per heavy atom. The predicted molar refractivity (Wildman–Crippen MR) is 51.7 cm³/mol. The molecule has 0 saturated heterocycles. The standard InChI is InChI=1S/C8H8BrN3O/c9-3-7(13)6-4-10-8-1-2-11-12(8)5-6/h1-2,4-5,7,13H,3H2. The van der Waals surface area contributed by atoms with Gasteiger partial charge in [-0.2, -0.15) is 5.10 Å². The maximum absolute atomic E-state index is 9.50. The third-order valence-corrected chi connectivity index (χ3v) is 2.41. The van der Waals surface area contributed by atoms with E-state index < -0.39 is 6.10 Å². The molecular formula is C8H8BrN3O. The SMILES string of the molecule is OC(CBr)c1cnc2ccnn2c1. The van der Waals surface area contributed by atoms with E-state index in [2.05, 4.69) is 26.0 Å². The van der Waals surface area contributed by atoms with E-state index in [4.69, 9.17) is 0 Å². The smallest absolute Gasteiger partial charge is 0.154 e. The van der Waals surface area contributed by atoms with E-state index >= 15 is 0 Å². The molecule has 1 N–H and O–H groups in total. The van der Waals surface area contributed by atoms with E-state index in [9.17, 15) is 5.11 Å². The van der Waals surface area contributed by atoms with Crippen molar-refractivity contribution >= 4 is 21.6 Å². The maximum Gasteiger partial charge on any atom is 0.154 e.